The Labute approximate surface area is 71.0 Å². The van der Waals surface area contributed by atoms with E-state index in [1.165, 1.54) is 19.3 Å². The molecule has 0 unspecified atom stereocenters. The first-order valence-corrected chi connectivity index (χ1v) is 4.21. The van der Waals surface area contributed by atoms with Gasteiger partial charge < -0.3 is 4.42 Å². The summed E-state index contributed by atoms with van der Waals surface area (Å²) < 4.78 is 5.26. The summed E-state index contributed by atoms with van der Waals surface area (Å²) in [5, 5.41) is 8.41. The fourth-order valence-corrected chi connectivity index (χ4v) is 1.33. The predicted molar refractivity (Wildman–Crippen MR) is 42.4 cm³/mol. The smallest absolute Gasteiger partial charge is 0.197 e. The van der Waals surface area contributed by atoms with Gasteiger partial charge in [-0.1, -0.05) is 6.42 Å². The largest absolute Gasteiger partial charge is 0.448 e. The summed E-state index contributed by atoms with van der Waals surface area (Å²) >= 11 is 0. The Morgan fingerprint density at radius 2 is 2.50 bits per heavy atom. The van der Waals surface area contributed by atoms with Crippen molar-refractivity contribution in [2.24, 2.45) is 0 Å². The highest BCUT2D eigenvalue weighted by Crippen LogP contribution is 2.35. The standard InChI is InChI=1S/C9H10N2O/c10-5-4-8-6-12-9(11-8)7-2-1-3-7/h6-7H,1-4H2. The van der Waals surface area contributed by atoms with E-state index in [2.05, 4.69) is 4.98 Å². The van der Waals surface area contributed by atoms with Crippen molar-refractivity contribution in [1.29, 1.82) is 5.26 Å². The van der Waals surface area contributed by atoms with Crippen LogP contribution in [0.2, 0.25) is 0 Å². The third-order valence-corrected chi connectivity index (χ3v) is 2.28. The van der Waals surface area contributed by atoms with Crippen molar-refractivity contribution >= 4 is 0 Å². The van der Waals surface area contributed by atoms with E-state index in [1.54, 1.807) is 6.26 Å². The predicted octanol–water partition coefficient (Wildman–Crippen LogP) is 2.01. The molecule has 1 aliphatic rings. The van der Waals surface area contributed by atoms with E-state index in [0.29, 0.717) is 12.3 Å². The Kier molecular flexibility index (Phi) is 1.83. The quantitative estimate of drug-likeness (QED) is 0.668. The van der Waals surface area contributed by atoms with Crippen LogP contribution < -0.4 is 0 Å². The molecule has 0 aliphatic heterocycles. The first kappa shape index (κ1) is 7.35. The topological polar surface area (TPSA) is 49.8 Å². The van der Waals surface area contributed by atoms with Crippen LogP contribution in [0, 0.1) is 11.3 Å². The molecule has 1 aromatic heterocycles. The molecule has 0 N–H and O–H groups in total. The van der Waals surface area contributed by atoms with E-state index in [4.69, 9.17) is 9.68 Å². The number of rotatable bonds is 2. The Hall–Kier alpha value is -1.30. The Morgan fingerprint density at radius 3 is 3.08 bits per heavy atom. The maximum atomic E-state index is 8.41. The molecule has 0 saturated heterocycles. The number of hydrogen-bond donors (Lipinski definition) is 0. The summed E-state index contributed by atoms with van der Waals surface area (Å²) in [7, 11) is 0. The number of nitrogens with zero attached hydrogens (tertiary/aromatic N) is 2. The summed E-state index contributed by atoms with van der Waals surface area (Å²) in [5.41, 5.74) is 0.763. The number of oxazole rings is 1. The van der Waals surface area contributed by atoms with Gasteiger partial charge in [-0.25, -0.2) is 4.98 Å². The van der Waals surface area contributed by atoms with E-state index in [-0.39, 0.29) is 0 Å². The molecule has 0 aromatic carbocycles. The van der Waals surface area contributed by atoms with Crippen LogP contribution in [0.4, 0.5) is 0 Å². The highest BCUT2D eigenvalue weighted by atomic mass is 16.3. The summed E-state index contributed by atoms with van der Waals surface area (Å²) in [5.74, 6) is 1.35. The van der Waals surface area contributed by atoms with Crippen molar-refractivity contribution < 1.29 is 4.42 Å². The zero-order chi connectivity index (χ0) is 8.39. The van der Waals surface area contributed by atoms with Gasteiger partial charge in [0.15, 0.2) is 5.89 Å². The van der Waals surface area contributed by atoms with Crippen molar-refractivity contribution in [1.82, 2.24) is 4.98 Å². The molecule has 0 amide bonds. The van der Waals surface area contributed by atoms with Crippen LogP contribution >= 0.6 is 0 Å². The van der Waals surface area contributed by atoms with E-state index >= 15 is 0 Å². The van der Waals surface area contributed by atoms with Gasteiger partial charge in [0, 0.05) is 5.92 Å². The molecule has 1 saturated carbocycles. The maximum absolute atomic E-state index is 8.41. The van der Waals surface area contributed by atoms with Crippen LogP contribution in [0.25, 0.3) is 0 Å². The minimum Gasteiger partial charge on any atom is -0.448 e. The zero-order valence-corrected chi connectivity index (χ0v) is 6.79. The minimum atomic E-state index is 0.357. The van der Waals surface area contributed by atoms with E-state index < -0.39 is 0 Å². The maximum Gasteiger partial charge on any atom is 0.197 e. The average Bonchev–Trinajstić information content (AvgIpc) is 2.34. The monoisotopic (exact) mass is 162 g/mol. The lowest BCUT2D eigenvalue weighted by atomic mass is 9.85. The van der Waals surface area contributed by atoms with Gasteiger partial charge in [-0.15, -0.1) is 0 Å². The van der Waals surface area contributed by atoms with E-state index in [0.717, 1.165) is 11.6 Å². The summed E-state index contributed by atoms with van der Waals surface area (Å²) in [6.45, 7) is 0. The second-order valence-corrected chi connectivity index (χ2v) is 3.14. The van der Waals surface area contributed by atoms with Crippen LogP contribution in [0.15, 0.2) is 10.7 Å². The molecule has 0 bridgehead atoms. The molecule has 3 nitrogen and oxygen atoms in total. The van der Waals surface area contributed by atoms with Crippen LogP contribution in [0.1, 0.15) is 36.8 Å². The molecule has 1 aromatic rings. The molecule has 1 aliphatic carbocycles. The van der Waals surface area contributed by atoms with E-state index in [1.807, 2.05) is 6.07 Å². The van der Waals surface area contributed by atoms with Crippen LogP contribution in [-0.2, 0) is 6.42 Å². The first-order chi connectivity index (χ1) is 5.90. The second-order valence-electron chi connectivity index (χ2n) is 3.14. The molecule has 3 heteroatoms. The van der Waals surface area contributed by atoms with Crippen molar-refractivity contribution in [3.05, 3.63) is 17.8 Å². The summed E-state index contributed by atoms with van der Waals surface area (Å²) in [6.07, 6.45) is 5.60. The number of hydrogen-bond acceptors (Lipinski definition) is 3. The van der Waals surface area contributed by atoms with Crippen molar-refractivity contribution in [2.45, 2.75) is 31.6 Å². The SMILES string of the molecule is N#CCc1coc(C2CCC2)n1. The molecular formula is C9H10N2O. The number of aromatic nitrogens is 1. The van der Waals surface area contributed by atoms with Gasteiger partial charge in [-0.3, -0.25) is 0 Å². The van der Waals surface area contributed by atoms with Gasteiger partial charge >= 0.3 is 0 Å². The third kappa shape index (κ3) is 1.20. The van der Waals surface area contributed by atoms with Gasteiger partial charge in [0.25, 0.3) is 0 Å². The molecule has 62 valence electrons. The fourth-order valence-electron chi connectivity index (χ4n) is 1.33. The lowest BCUT2D eigenvalue weighted by molar-refractivity contribution is 0.335. The molecule has 0 atom stereocenters. The van der Waals surface area contributed by atoms with E-state index in [9.17, 15) is 0 Å². The Bertz CT molecular complexity index is 307. The van der Waals surface area contributed by atoms with Crippen molar-refractivity contribution in [3.63, 3.8) is 0 Å². The van der Waals surface area contributed by atoms with Gasteiger partial charge in [-0.05, 0) is 12.8 Å². The highest BCUT2D eigenvalue weighted by molar-refractivity contribution is 5.06. The average molecular weight is 162 g/mol. The molecule has 0 spiro atoms. The molecule has 1 fully saturated rings. The molecular weight excluding hydrogens is 152 g/mol. The van der Waals surface area contributed by atoms with Crippen molar-refractivity contribution in [3.8, 4) is 6.07 Å². The Morgan fingerprint density at radius 1 is 1.67 bits per heavy atom. The number of nitriles is 1. The lowest BCUT2D eigenvalue weighted by Gasteiger charge is -2.21. The molecule has 1 heterocycles. The van der Waals surface area contributed by atoms with Gasteiger partial charge in [0.05, 0.1) is 18.2 Å². The second kappa shape index (κ2) is 2.98. The van der Waals surface area contributed by atoms with Crippen LogP contribution in [-0.4, -0.2) is 4.98 Å². The van der Waals surface area contributed by atoms with Gasteiger partial charge in [-0.2, -0.15) is 5.26 Å². The van der Waals surface area contributed by atoms with Crippen molar-refractivity contribution in [2.75, 3.05) is 0 Å². The zero-order valence-electron chi connectivity index (χ0n) is 6.79. The molecule has 2 rings (SSSR count). The van der Waals surface area contributed by atoms with Gasteiger partial charge in [0.1, 0.15) is 6.26 Å². The van der Waals surface area contributed by atoms with Crippen LogP contribution in [0.5, 0.6) is 0 Å². The Balaban J connectivity index is 2.08. The third-order valence-electron chi connectivity index (χ3n) is 2.28. The highest BCUT2D eigenvalue weighted by Gasteiger charge is 2.23. The normalized spacial score (nSPS) is 16.9. The first-order valence-electron chi connectivity index (χ1n) is 4.21. The minimum absolute atomic E-state index is 0.357. The summed E-state index contributed by atoms with van der Waals surface area (Å²) in [6, 6.07) is 2.05. The fraction of sp³-hybridized carbons (Fsp3) is 0.556. The summed E-state index contributed by atoms with van der Waals surface area (Å²) in [4.78, 5) is 4.23. The van der Waals surface area contributed by atoms with Gasteiger partial charge in [0.2, 0.25) is 0 Å². The molecule has 12 heavy (non-hydrogen) atoms. The lowest BCUT2D eigenvalue weighted by Crippen LogP contribution is -2.08. The molecule has 0 radical (unpaired) electrons. The van der Waals surface area contributed by atoms with Crippen LogP contribution in [0.3, 0.4) is 0 Å².